The first kappa shape index (κ1) is 24.8. The summed E-state index contributed by atoms with van der Waals surface area (Å²) in [7, 11) is 0. The third kappa shape index (κ3) is 6.02. The van der Waals surface area contributed by atoms with Gasteiger partial charge in [0.15, 0.2) is 0 Å². The molecular formula is C19H29N7O6. The molecule has 2 heterocycles. The topological polar surface area (TPSA) is 183 Å². The maximum atomic E-state index is 12.6. The van der Waals surface area contributed by atoms with Crippen molar-refractivity contribution in [3.05, 3.63) is 16.4 Å². The molecule has 176 valence electrons. The highest BCUT2D eigenvalue weighted by molar-refractivity contribution is 5.90. The maximum absolute atomic E-state index is 12.6. The van der Waals surface area contributed by atoms with Gasteiger partial charge in [-0.2, -0.15) is 0 Å². The predicted octanol–water partition coefficient (Wildman–Crippen LogP) is 0.487. The second kappa shape index (κ2) is 9.32. The number of nitrogens with one attached hydrogen (secondary N) is 2. The first-order valence-electron chi connectivity index (χ1n) is 10.1. The van der Waals surface area contributed by atoms with Crippen LogP contribution >= 0.6 is 0 Å². The molecule has 2 rings (SSSR count). The predicted molar refractivity (Wildman–Crippen MR) is 115 cm³/mol. The number of nitrogens with zero attached hydrogens (tertiary/aromatic N) is 4. The van der Waals surface area contributed by atoms with Gasteiger partial charge < -0.3 is 26.0 Å². The van der Waals surface area contributed by atoms with Crippen molar-refractivity contribution in [3.63, 3.8) is 0 Å². The van der Waals surface area contributed by atoms with Crippen LogP contribution in [0.2, 0.25) is 0 Å². The molecule has 1 aromatic rings. The van der Waals surface area contributed by atoms with E-state index in [9.17, 15) is 24.5 Å². The van der Waals surface area contributed by atoms with E-state index in [0.717, 1.165) is 6.33 Å². The van der Waals surface area contributed by atoms with Crippen molar-refractivity contribution >= 4 is 35.1 Å². The van der Waals surface area contributed by atoms with Crippen LogP contribution in [0.4, 0.5) is 17.3 Å². The first-order valence-corrected chi connectivity index (χ1v) is 10.1. The van der Waals surface area contributed by atoms with Gasteiger partial charge in [-0.25, -0.2) is 14.8 Å². The number of esters is 1. The molecule has 0 aromatic carbocycles. The Balaban J connectivity index is 2.37. The molecule has 0 aliphatic carbocycles. The average Bonchev–Trinajstić information content (AvgIpc) is 3.13. The molecule has 1 saturated heterocycles. The zero-order valence-electron chi connectivity index (χ0n) is 18.8. The number of primary amides is 1. The Kier molecular flexibility index (Phi) is 7.21. The van der Waals surface area contributed by atoms with Gasteiger partial charge in [0.05, 0.1) is 11.5 Å². The van der Waals surface area contributed by atoms with E-state index in [1.54, 1.807) is 20.8 Å². The van der Waals surface area contributed by atoms with Gasteiger partial charge in [-0.3, -0.25) is 19.7 Å². The summed E-state index contributed by atoms with van der Waals surface area (Å²) in [4.78, 5) is 56.8. The van der Waals surface area contributed by atoms with Crippen LogP contribution in [0.1, 0.15) is 47.5 Å². The number of hydrogen-bond donors (Lipinski definition) is 3. The number of nitro groups is 1. The second-order valence-corrected chi connectivity index (χ2v) is 8.94. The number of nitrogens with two attached hydrogens (primary N) is 1. The summed E-state index contributed by atoms with van der Waals surface area (Å²) in [5.41, 5.74) is 2.50. The molecule has 32 heavy (non-hydrogen) atoms. The summed E-state index contributed by atoms with van der Waals surface area (Å²) < 4.78 is 5.38. The van der Waals surface area contributed by atoms with Crippen molar-refractivity contribution < 1.29 is 24.0 Å². The molecule has 1 aromatic heterocycles. The third-order valence-electron chi connectivity index (χ3n) is 4.59. The zero-order chi connectivity index (χ0) is 24.3. The van der Waals surface area contributed by atoms with E-state index in [4.69, 9.17) is 10.5 Å². The molecule has 1 fully saturated rings. The van der Waals surface area contributed by atoms with Crippen LogP contribution < -0.4 is 21.3 Å². The maximum Gasteiger partial charge on any atom is 0.353 e. The molecule has 0 saturated carbocycles. The molecular weight excluding hydrogens is 422 g/mol. The number of aromatic nitrogens is 2. The number of ether oxygens (including phenoxy) is 1. The summed E-state index contributed by atoms with van der Waals surface area (Å²) in [5.74, 6) is -2.06. The summed E-state index contributed by atoms with van der Waals surface area (Å²) in [6, 6.07) is -0.769. The minimum absolute atomic E-state index is 0.0655. The van der Waals surface area contributed by atoms with Crippen LogP contribution in [-0.4, -0.2) is 62.9 Å². The number of carbonyl (C=O) groups is 3. The van der Waals surface area contributed by atoms with Crippen LogP contribution in [-0.2, 0) is 19.1 Å². The Morgan fingerprint density at radius 3 is 2.50 bits per heavy atom. The first-order chi connectivity index (χ1) is 14.7. The lowest BCUT2D eigenvalue weighted by molar-refractivity contribution is -0.383. The highest BCUT2D eigenvalue weighted by atomic mass is 16.6. The van der Waals surface area contributed by atoms with Gasteiger partial charge in [0, 0.05) is 6.54 Å². The number of amides is 2. The van der Waals surface area contributed by atoms with Gasteiger partial charge >= 0.3 is 11.7 Å². The quantitative estimate of drug-likeness (QED) is 0.285. The monoisotopic (exact) mass is 451 g/mol. The molecule has 1 aliphatic heterocycles. The molecule has 2 amide bonds. The van der Waals surface area contributed by atoms with Crippen molar-refractivity contribution in [2.75, 3.05) is 23.3 Å². The fraction of sp³-hybridized carbons (Fsp3) is 0.632. The summed E-state index contributed by atoms with van der Waals surface area (Å²) in [6.45, 7) is 8.16. The Labute approximate surface area is 185 Å². The van der Waals surface area contributed by atoms with Gasteiger partial charge in [-0.1, -0.05) is 0 Å². The SMILES string of the molecule is CC(C)(C)OC(=O)C(C)(C)Nc1ncnc(N2CCCC2C(=O)NCC(N)=O)c1[N+](=O)[O-]. The Morgan fingerprint density at radius 1 is 1.28 bits per heavy atom. The molecule has 1 aliphatic rings. The molecule has 0 bridgehead atoms. The van der Waals surface area contributed by atoms with E-state index in [0.29, 0.717) is 19.4 Å². The van der Waals surface area contributed by atoms with Gasteiger partial charge in [-0.05, 0) is 47.5 Å². The van der Waals surface area contributed by atoms with Gasteiger partial charge in [-0.15, -0.1) is 0 Å². The zero-order valence-corrected chi connectivity index (χ0v) is 18.8. The summed E-state index contributed by atoms with van der Waals surface area (Å²) in [5, 5.41) is 17.2. The third-order valence-corrected chi connectivity index (χ3v) is 4.59. The molecule has 0 spiro atoms. The van der Waals surface area contributed by atoms with Gasteiger partial charge in [0.2, 0.25) is 23.5 Å². The summed E-state index contributed by atoms with van der Waals surface area (Å²) in [6.07, 6.45) is 2.12. The van der Waals surface area contributed by atoms with E-state index >= 15 is 0 Å². The Hall–Kier alpha value is -3.51. The van der Waals surface area contributed by atoms with E-state index in [1.165, 1.54) is 18.7 Å². The molecule has 13 heteroatoms. The van der Waals surface area contributed by atoms with Crippen LogP contribution in [0.25, 0.3) is 0 Å². The van der Waals surface area contributed by atoms with E-state index in [1.807, 2.05) is 0 Å². The molecule has 1 unspecified atom stereocenters. The highest BCUT2D eigenvalue weighted by Gasteiger charge is 2.40. The fourth-order valence-electron chi connectivity index (χ4n) is 3.18. The van der Waals surface area contributed by atoms with Crippen LogP contribution in [0.15, 0.2) is 6.33 Å². The van der Waals surface area contributed by atoms with Crippen molar-refractivity contribution in [1.82, 2.24) is 15.3 Å². The van der Waals surface area contributed by atoms with Crippen molar-refractivity contribution in [2.45, 2.75) is 64.6 Å². The van der Waals surface area contributed by atoms with E-state index in [2.05, 4.69) is 20.6 Å². The average molecular weight is 451 g/mol. The van der Waals surface area contributed by atoms with Crippen molar-refractivity contribution in [1.29, 1.82) is 0 Å². The summed E-state index contributed by atoms with van der Waals surface area (Å²) >= 11 is 0. The Morgan fingerprint density at radius 2 is 1.94 bits per heavy atom. The molecule has 4 N–H and O–H groups in total. The lowest BCUT2D eigenvalue weighted by Crippen LogP contribution is -2.46. The highest BCUT2D eigenvalue weighted by Crippen LogP contribution is 2.37. The second-order valence-electron chi connectivity index (χ2n) is 8.94. The van der Waals surface area contributed by atoms with Crippen LogP contribution in [0.5, 0.6) is 0 Å². The molecule has 1 atom stereocenters. The molecule has 13 nitrogen and oxygen atoms in total. The van der Waals surface area contributed by atoms with Crippen LogP contribution in [0, 0.1) is 10.1 Å². The minimum atomic E-state index is -1.34. The Bertz CT molecular complexity index is 912. The number of carbonyl (C=O) groups excluding carboxylic acids is 3. The smallest absolute Gasteiger partial charge is 0.353 e. The normalized spacial score (nSPS) is 16.4. The van der Waals surface area contributed by atoms with E-state index in [-0.39, 0.29) is 18.2 Å². The van der Waals surface area contributed by atoms with Gasteiger partial charge in [0.25, 0.3) is 0 Å². The van der Waals surface area contributed by atoms with E-state index < -0.39 is 45.6 Å². The number of rotatable bonds is 8. The fourth-order valence-corrected chi connectivity index (χ4v) is 3.18. The van der Waals surface area contributed by atoms with Crippen molar-refractivity contribution in [3.8, 4) is 0 Å². The van der Waals surface area contributed by atoms with Crippen molar-refractivity contribution in [2.24, 2.45) is 5.73 Å². The number of hydrogen-bond acceptors (Lipinski definition) is 10. The lowest BCUT2D eigenvalue weighted by atomic mass is 10.0. The largest absolute Gasteiger partial charge is 0.458 e. The lowest BCUT2D eigenvalue weighted by Gasteiger charge is -2.30. The van der Waals surface area contributed by atoms with Gasteiger partial charge in [0.1, 0.15) is 23.5 Å². The standard InChI is InChI=1S/C19H29N7O6/c1-18(2,3)32-17(29)19(4,5)24-14-13(26(30)31)15(23-10-22-14)25-8-6-7-11(25)16(28)21-9-12(20)27/h10-11H,6-9H2,1-5H3,(H2,20,27)(H,21,28)(H,22,23,24). The minimum Gasteiger partial charge on any atom is -0.458 e. The number of anilines is 2. The molecule has 0 radical (unpaired) electrons. The van der Waals surface area contributed by atoms with Crippen LogP contribution in [0.3, 0.4) is 0 Å².